The van der Waals surface area contributed by atoms with Gasteiger partial charge in [-0.25, -0.2) is 5.48 Å². The van der Waals surface area contributed by atoms with E-state index >= 15 is 0 Å². The number of hydrogen-bond donors (Lipinski definition) is 3. The van der Waals surface area contributed by atoms with Gasteiger partial charge in [-0.2, -0.15) is 0 Å². The average molecular weight is 182 g/mol. The number of hydrogen-bond acceptors (Lipinski definition) is 3. The number of rotatable bonds is 3. The van der Waals surface area contributed by atoms with Crippen LogP contribution in [0.2, 0.25) is 0 Å². The molecule has 0 aliphatic carbocycles. The van der Waals surface area contributed by atoms with Crippen molar-refractivity contribution in [2.24, 2.45) is 0 Å². The van der Waals surface area contributed by atoms with Crippen LogP contribution < -0.4 is 10.8 Å². The highest BCUT2D eigenvalue weighted by molar-refractivity contribution is 5.70. The summed E-state index contributed by atoms with van der Waals surface area (Å²) in [6.45, 7) is 0. The summed E-state index contributed by atoms with van der Waals surface area (Å²) in [7, 11) is 0. The van der Waals surface area contributed by atoms with E-state index in [0.717, 1.165) is 5.69 Å². The molecule has 0 radical (unpaired) electrons. The van der Waals surface area contributed by atoms with Gasteiger partial charge in [-0.15, -0.1) is 0 Å². The third-order valence-electron chi connectivity index (χ3n) is 1.05. The molecule has 0 saturated heterocycles. The molecule has 0 aliphatic heterocycles. The molecule has 1 aromatic carbocycles. The minimum atomic E-state index is 0.181. The second kappa shape index (κ2) is 8.22. The standard InChI is InChI=1S/C7H7NO.CH3NO2/c9-6-8-7-4-2-1-3-5-7;3-1-2-4/h1-6H,(H,8,9);1,4H,(H,2,3). The number of anilines is 1. The summed E-state index contributed by atoms with van der Waals surface area (Å²) in [5.74, 6) is 0. The maximum atomic E-state index is 9.86. The number of benzene rings is 1. The number of amides is 2. The predicted octanol–water partition coefficient (Wildman–Crippen LogP) is 0.376. The molecular weight excluding hydrogens is 172 g/mol. The molecule has 0 fully saturated rings. The monoisotopic (exact) mass is 182 g/mol. The zero-order valence-electron chi connectivity index (χ0n) is 6.81. The van der Waals surface area contributed by atoms with E-state index in [0.29, 0.717) is 6.41 Å². The highest BCUT2D eigenvalue weighted by Crippen LogP contribution is 2.01. The van der Waals surface area contributed by atoms with E-state index in [2.05, 4.69) is 5.32 Å². The van der Waals surface area contributed by atoms with Crippen LogP contribution in [0.15, 0.2) is 30.3 Å². The molecule has 0 aliphatic rings. The van der Waals surface area contributed by atoms with Crippen LogP contribution in [0.3, 0.4) is 0 Å². The van der Waals surface area contributed by atoms with Crippen molar-refractivity contribution in [1.29, 1.82) is 0 Å². The van der Waals surface area contributed by atoms with Crippen LogP contribution >= 0.6 is 0 Å². The van der Waals surface area contributed by atoms with Crippen LogP contribution in [0.1, 0.15) is 0 Å². The average Bonchev–Trinajstić information content (AvgIpc) is 2.20. The Morgan fingerprint density at radius 2 is 1.62 bits per heavy atom. The Hall–Kier alpha value is -1.88. The Morgan fingerprint density at radius 3 is 2.00 bits per heavy atom. The molecule has 70 valence electrons. The molecule has 5 heteroatoms. The number of nitrogens with one attached hydrogen (secondary N) is 2. The highest BCUT2D eigenvalue weighted by Gasteiger charge is 1.81. The van der Waals surface area contributed by atoms with E-state index in [1.54, 1.807) is 0 Å². The van der Waals surface area contributed by atoms with Gasteiger partial charge >= 0.3 is 0 Å². The van der Waals surface area contributed by atoms with Gasteiger partial charge in [0.15, 0.2) is 0 Å². The highest BCUT2D eigenvalue weighted by atomic mass is 16.5. The van der Waals surface area contributed by atoms with Gasteiger partial charge in [0.1, 0.15) is 0 Å². The number of para-hydroxylation sites is 1. The first-order valence-electron chi connectivity index (χ1n) is 3.43. The summed E-state index contributed by atoms with van der Waals surface area (Å²) in [6.07, 6.45) is 0.843. The lowest BCUT2D eigenvalue weighted by molar-refractivity contribution is -0.116. The van der Waals surface area contributed by atoms with Crippen molar-refractivity contribution in [3.05, 3.63) is 30.3 Å². The van der Waals surface area contributed by atoms with Crippen molar-refractivity contribution in [2.75, 3.05) is 5.32 Å². The second-order valence-corrected chi connectivity index (χ2v) is 1.88. The maximum Gasteiger partial charge on any atom is 0.230 e. The third kappa shape index (κ3) is 6.52. The predicted molar refractivity (Wildman–Crippen MR) is 47.1 cm³/mol. The van der Waals surface area contributed by atoms with Crippen molar-refractivity contribution in [2.45, 2.75) is 0 Å². The third-order valence-corrected chi connectivity index (χ3v) is 1.05. The molecule has 13 heavy (non-hydrogen) atoms. The van der Waals surface area contributed by atoms with Crippen molar-refractivity contribution < 1.29 is 14.8 Å². The molecule has 3 N–H and O–H groups in total. The molecule has 0 bridgehead atoms. The zero-order chi connectivity index (χ0) is 9.94. The molecule has 1 aromatic rings. The lowest BCUT2D eigenvalue weighted by Gasteiger charge is -1.93. The van der Waals surface area contributed by atoms with Gasteiger partial charge in [-0.05, 0) is 12.1 Å². The van der Waals surface area contributed by atoms with Crippen LogP contribution in [0, 0.1) is 0 Å². The first kappa shape index (κ1) is 11.1. The Kier molecular flexibility index (Phi) is 7.03. The molecule has 0 spiro atoms. The Labute approximate surface area is 75.3 Å². The van der Waals surface area contributed by atoms with Gasteiger partial charge in [-0.3, -0.25) is 14.8 Å². The summed E-state index contributed by atoms with van der Waals surface area (Å²) >= 11 is 0. The van der Waals surface area contributed by atoms with Crippen LogP contribution in [0.4, 0.5) is 5.69 Å². The van der Waals surface area contributed by atoms with Crippen LogP contribution in [0.5, 0.6) is 0 Å². The lowest BCUT2D eigenvalue weighted by Crippen LogP contribution is -1.99. The molecule has 0 unspecified atom stereocenters. The zero-order valence-corrected chi connectivity index (χ0v) is 6.81. The number of hydroxylamine groups is 1. The summed E-state index contributed by atoms with van der Waals surface area (Å²) in [5, 5.41) is 9.78. The van der Waals surface area contributed by atoms with E-state index in [4.69, 9.17) is 10.0 Å². The van der Waals surface area contributed by atoms with Gasteiger partial charge in [0, 0.05) is 5.69 Å². The first-order valence-corrected chi connectivity index (χ1v) is 3.43. The molecule has 0 saturated carbocycles. The fourth-order valence-electron chi connectivity index (χ4n) is 0.602. The van der Waals surface area contributed by atoms with Crippen LogP contribution in [-0.4, -0.2) is 18.0 Å². The van der Waals surface area contributed by atoms with Crippen molar-refractivity contribution in [3.8, 4) is 0 Å². The topological polar surface area (TPSA) is 78.4 Å². The SMILES string of the molecule is O=CNO.O=CNc1ccccc1. The summed E-state index contributed by atoms with van der Waals surface area (Å²) < 4.78 is 0. The smallest absolute Gasteiger partial charge is 0.230 e. The van der Waals surface area contributed by atoms with Gasteiger partial charge in [-0.1, -0.05) is 18.2 Å². The van der Waals surface area contributed by atoms with Gasteiger partial charge < -0.3 is 5.32 Å². The van der Waals surface area contributed by atoms with E-state index < -0.39 is 0 Å². The van der Waals surface area contributed by atoms with Crippen molar-refractivity contribution >= 4 is 18.5 Å². The fourth-order valence-corrected chi connectivity index (χ4v) is 0.602. The molecule has 2 amide bonds. The summed E-state index contributed by atoms with van der Waals surface area (Å²) in [5.41, 5.74) is 2.08. The van der Waals surface area contributed by atoms with E-state index in [9.17, 15) is 4.79 Å². The van der Waals surface area contributed by atoms with E-state index in [1.165, 1.54) is 5.48 Å². The van der Waals surface area contributed by atoms with E-state index in [1.807, 2.05) is 30.3 Å². The molecule has 0 aromatic heterocycles. The van der Waals surface area contributed by atoms with Gasteiger partial charge in [0.2, 0.25) is 12.8 Å². The maximum absolute atomic E-state index is 9.86. The lowest BCUT2D eigenvalue weighted by atomic mass is 10.3. The second-order valence-electron chi connectivity index (χ2n) is 1.88. The number of carbonyl (C=O) groups is 2. The molecule has 0 atom stereocenters. The minimum Gasteiger partial charge on any atom is -0.329 e. The Balaban J connectivity index is 0.000000310. The molecular formula is C8H10N2O3. The molecule has 0 heterocycles. The van der Waals surface area contributed by atoms with Crippen molar-refractivity contribution in [3.63, 3.8) is 0 Å². The minimum absolute atomic E-state index is 0.181. The molecule has 1 rings (SSSR count). The largest absolute Gasteiger partial charge is 0.329 e. The van der Waals surface area contributed by atoms with Crippen LogP contribution in [-0.2, 0) is 9.59 Å². The van der Waals surface area contributed by atoms with E-state index in [-0.39, 0.29) is 6.41 Å². The van der Waals surface area contributed by atoms with Crippen molar-refractivity contribution in [1.82, 2.24) is 5.48 Å². The van der Waals surface area contributed by atoms with Gasteiger partial charge in [0.25, 0.3) is 0 Å². The normalized spacial score (nSPS) is 7.46. The summed E-state index contributed by atoms with van der Waals surface area (Å²) in [4.78, 5) is 18.7. The summed E-state index contributed by atoms with van der Waals surface area (Å²) in [6, 6.07) is 9.29. The fraction of sp³-hybridized carbons (Fsp3) is 0. The Morgan fingerprint density at radius 1 is 1.08 bits per heavy atom. The Bertz CT molecular complexity index is 238. The van der Waals surface area contributed by atoms with Crippen LogP contribution in [0.25, 0.3) is 0 Å². The van der Waals surface area contributed by atoms with Gasteiger partial charge in [0.05, 0.1) is 0 Å². The quantitative estimate of drug-likeness (QED) is 0.359. The first-order chi connectivity index (χ1) is 6.35. The number of carbonyl (C=O) groups excluding carboxylic acids is 2. The molecule has 5 nitrogen and oxygen atoms in total.